The van der Waals surface area contributed by atoms with Crippen LogP contribution in [0, 0.1) is 5.92 Å². The molecule has 18 heavy (non-hydrogen) atoms. The molecule has 1 saturated heterocycles. The van der Waals surface area contributed by atoms with E-state index in [1.807, 2.05) is 36.1 Å². The highest BCUT2D eigenvalue weighted by atomic mass is 16.2. The summed E-state index contributed by atoms with van der Waals surface area (Å²) in [6.45, 7) is 5.77. The summed E-state index contributed by atoms with van der Waals surface area (Å²) in [6.07, 6.45) is 2.03. The Balaban J connectivity index is 2.03. The lowest BCUT2D eigenvalue weighted by molar-refractivity contribution is 0.0786. The monoisotopic (exact) mass is 246 g/mol. The van der Waals surface area contributed by atoms with E-state index in [4.69, 9.17) is 5.73 Å². The predicted octanol–water partition coefficient (Wildman–Crippen LogP) is 2.06. The van der Waals surface area contributed by atoms with Crippen molar-refractivity contribution in [3.05, 3.63) is 35.4 Å². The van der Waals surface area contributed by atoms with E-state index in [1.54, 1.807) is 0 Å². The van der Waals surface area contributed by atoms with Crippen molar-refractivity contribution in [2.45, 2.75) is 32.7 Å². The molecule has 3 heteroatoms. The largest absolute Gasteiger partial charge is 0.338 e. The summed E-state index contributed by atoms with van der Waals surface area (Å²) in [5.74, 6) is 0.588. The molecule has 1 amide bonds. The first-order valence-electron chi connectivity index (χ1n) is 6.75. The summed E-state index contributed by atoms with van der Waals surface area (Å²) < 4.78 is 0. The van der Waals surface area contributed by atoms with Crippen molar-refractivity contribution in [2.24, 2.45) is 11.7 Å². The first kappa shape index (κ1) is 13.1. The van der Waals surface area contributed by atoms with Crippen LogP contribution in [-0.2, 0) is 6.42 Å². The van der Waals surface area contributed by atoms with Crippen LogP contribution in [0.25, 0.3) is 0 Å². The molecule has 1 aliphatic rings. The van der Waals surface area contributed by atoms with Gasteiger partial charge in [-0.05, 0) is 43.4 Å². The average Bonchev–Trinajstić information content (AvgIpc) is 2.88. The number of likely N-dealkylation sites (tertiary alicyclic amines) is 1. The first-order chi connectivity index (χ1) is 8.61. The Labute approximate surface area is 109 Å². The highest BCUT2D eigenvalue weighted by Crippen LogP contribution is 2.20. The molecule has 0 aromatic heterocycles. The topological polar surface area (TPSA) is 46.3 Å². The number of nitrogens with zero attached hydrogens (tertiary/aromatic N) is 1. The number of aryl methyl sites for hydroxylation is 1. The van der Waals surface area contributed by atoms with Crippen molar-refractivity contribution in [3.63, 3.8) is 0 Å². The smallest absolute Gasteiger partial charge is 0.253 e. The standard InChI is InChI=1S/C15H22N2O/c1-3-12-4-6-13(7-5-12)15(18)17-9-8-14(10-17)11(2)16/h4-7,11,14H,3,8-10,16H2,1-2H3. The second-order valence-electron chi connectivity index (χ2n) is 5.21. The number of nitrogens with two attached hydrogens (primary N) is 1. The summed E-state index contributed by atoms with van der Waals surface area (Å²) in [7, 11) is 0. The number of hydrogen-bond acceptors (Lipinski definition) is 2. The van der Waals surface area contributed by atoms with Crippen LogP contribution in [0.5, 0.6) is 0 Å². The third-order valence-corrected chi connectivity index (χ3v) is 3.86. The van der Waals surface area contributed by atoms with E-state index < -0.39 is 0 Å². The van der Waals surface area contributed by atoms with Crippen LogP contribution in [0.2, 0.25) is 0 Å². The van der Waals surface area contributed by atoms with E-state index in [9.17, 15) is 4.79 Å². The molecule has 0 bridgehead atoms. The molecule has 98 valence electrons. The van der Waals surface area contributed by atoms with Crippen molar-refractivity contribution in [1.82, 2.24) is 4.90 Å². The molecule has 1 aliphatic heterocycles. The Kier molecular flexibility index (Phi) is 4.02. The maximum absolute atomic E-state index is 12.3. The van der Waals surface area contributed by atoms with Gasteiger partial charge >= 0.3 is 0 Å². The fourth-order valence-electron chi connectivity index (χ4n) is 2.47. The van der Waals surface area contributed by atoms with Gasteiger partial charge in [0.25, 0.3) is 5.91 Å². The predicted molar refractivity (Wildman–Crippen MR) is 73.5 cm³/mol. The van der Waals surface area contributed by atoms with E-state index in [2.05, 4.69) is 6.92 Å². The number of carbonyl (C=O) groups excluding carboxylic acids is 1. The normalized spacial score (nSPS) is 21.1. The van der Waals surface area contributed by atoms with E-state index >= 15 is 0 Å². The van der Waals surface area contributed by atoms with Crippen molar-refractivity contribution < 1.29 is 4.79 Å². The van der Waals surface area contributed by atoms with Crippen LogP contribution < -0.4 is 5.73 Å². The number of amides is 1. The zero-order valence-electron chi connectivity index (χ0n) is 11.2. The lowest BCUT2D eigenvalue weighted by atomic mass is 10.0. The highest BCUT2D eigenvalue weighted by molar-refractivity contribution is 5.94. The minimum absolute atomic E-state index is 0.140. The zero-order valence-corrected chi connectivity index (χ0v) is 11.2. The van der Waals surface area contributed by atoms with Crippen LogP contribution in [0.15, 0.2) is 24.3 Å². The molecule has 0 aliphatic carbocycles. The van der Waals surface area contributed by atoms with Crippen LogP contribution in [0.4, 0.5) is 0 Å². The summed E-state index contributed by atoms with van der Waals surface area (Å²) in [5, 5.41) is 0. The lowest BCUT2D eigenvalue weighted by Gasteiger charge is -2.18. The van der Waals surface area contributed by atoms with Crippen molar-refractivity contribution in [1.29, 1.82) is 0 Å². The molecule has 0 saturated carbocycles. The summed E-state index contributed by atoms with van der Waals surface area (Å²) in [4.78, 5) is 14.2. The molecule has 3 nitrogen and oxygen atoms in total. The van der Waals surface area contributed by atoms with Gasteiger partial charge in [-0.1, -0.05) is 19.1 Å². The minimum Gasteiger partial charge on any atom is -0.338 e. The quantitative estimate of drug-likeness (QED) is 0.887. The van der Waals surface area contributed by atoms with Gasteiger partial charge in [-0.3, -0.25) is 4.79 Å². The molecular weight excluding hydrogens is 224 g/mol. The highest BCUT2D eigenvalue weighted by Gasteiger charge is 2.28. The Morgan fingerprint density at radius 2 is 2.11 bits per heavy atom. The van der Waals surface area contributed by atoms with E-state index in [-0.39, 0.29) is 11.9 Å². The molecule has 0 spiro atoms. The van der Waals surface area contributed by atoms with Crippen molar-refractivity contribution >= 4 is 5.91 Å². The fraction of sp³-hybridized carbons (Fsp3) is 0.533. The van der Waals surface area contributed by atoms with E-state index in [0.717, 1.165) is 31.5 Å². The lowest BCUT2D eigenvalue weighted by Crippen LogP contribution is -2.32. The fourth-order valence-corrected chi connectivity index (χ4v) is 2.47. The van der Waals surface area contributed by atoms with Crippen LogP contribution in [0.1, 0.15) is 36.2 Å². The first-order valence-corrected chi connectivity index (χ1v) is 6.75. The van der Waals surface area contributed by atoms with Gasteiger partial charge in [-0.2, -0.15) is 0 Å². The van der Waals surface area contributed by atoms with Gasteiger partial charge in [0.05, 0.1) is 0 Å². The van der Waals surface area contributed by atoms with Crippen molar-refractivity contribution in [2.75, 3.05) is 13.1 Å². The van der Waals surface area contributed by atoms with E-state index in [1.165, 1.54) is 5.56 Å². The Hall–Kier alpha value is -1.35. The SMILES string of the molecule is CCc1ccc(C(=O)N2CCC(C(C)N)C2)cc1. The summed E-state index contributed by atoms with van der Waals surface area (Å²) in [6, 6.07) is 8.10. The average molecular weight is 246 g/mol. The van der Waals surface area contributed by atoms with Crippen molar-refractivity contribution in [3.8, 4) is 0 Å². The molecule has 2 unspecified atom stereocenters. The van der Waals surface area contributed by atoms with Crippen LogP contribution in [-0.4, -0.2) is 29.9 Å². The van der Waals surface area contributed by atoms with Gasteiger partial charge in [-0.25, -0.2) is 0 Å². The molecule has 2 rings (SSSR count). The molecular formula is C15H22N2O. The number of carbonyl (C=O) groups is 1. The Bertz CT molecular complexity index is 411. The maximum atomic E-state index is 12.3. The summed E-state index contributed by atoms with van der Waals surface area (Å²) in [5.41, 5.74) is 7.95. The van der Waals surface area contributed by atoms with E-state index in [0.29, 0.717) is 5.92 Å². The summed E-state index contributed by atoms with van der Waals surface area (Å²) >= 11 is 0. The maximum Gasteiger partial charge on any atom is 0.253 e. The third kappa shape index (κ3) is 2.72. The van der Waals surface area contributed by atoms with Gasteiger partial charge in [0.2, 0.25) is 0 Å². The number of benzene rings is 1. The van der Waals surface area contributed by atoms with Crippen LogP contribution in [0.3, 0.4) is 0 Å². The second kappa shape index (κ2) is 5.53. The molecule has 1 aromatic carbocycles. The number of hydrogen-bond donors (Lipinski definition) is 1. The van der Waals surface area contributed by atoms with Gasteiger partial charge in [0, 0.05) is 24.7 Å². The molecule has 1 fully saturated rings. The Morgan fingerprint density at radius 1 is 1.44 bits per heavy atom. The van der Waals surface area contributed by atoms with Gasteiger partial charge in [0.15, 0.2) is 0 Å². The number of rotatable bonds is 3. The molecule has 0 radical (unpaired) electrons. The zero-order chi connectivity index (χ0) is 13.1. The molecule has 1 aromatic rings. The van der Waals surface area contributed by atoms with Gasteiger partial charge in [0.1, 0.15) is 0 Å². The molecule has 2 atom stereocenters. The second-order valence-corrected chi connectivity index (χ2v) is 5.21. The molecule has 2 N–H and O–H groups in total. The van der Waals surface area contributed by atoms with Crippen LogP contribution >= 0.6 is 0 Å². The van der Waals surface area contributed by atoms with Gasteiger partial charge in [-0.15, -0.1) is 0 Å². The molecule has 1 heterocycles. The van der Waals surface area contributed by atoms with Gasteiger partial charge < -0.3 is 10.6 Å². The third-order valence-electron chi connectivity index (χ3n) is 3.86. The minimum atomic E-state index is 0.140. The Morgan fingerprint density at radius 3 is 2.61 bits per heavy atom.